The largest absolute Gasteiger partial charge is 0.456 e. The van der Waals surface area contributed by atoms with Crippen LogP contribution in [0, 0.1) is 12.7 Å². The number of aldehydes is 1. The molecule has 0 spiro atoms. The molecule has 0 heterocycles. The van der Waals surface area contributed by atoms with Crippen molar-refractivity contribution >= 4 is 22.2 Å². The fourth-order valence-corrected chi connectivity index (χ4v) is 2.01. The van der Waals surface area contributed by atoms with Gasteiger partial charge in [0.25, 0.3) is 0 Å². The van der Waals surface area contributed by atoms with Gasteiger partial charge in [-0.15, -0.1) is 0 Å². The van der Waals surface area contributed by atoms with Crippen molar-refractivity contribution in [1.82, 2.24) is 0 Å². The van der Waals surface area contributed by atoms with Crippen molar-refractivity contribution in [1.29, 1.82) is 0 Å². The summed E-state index contributed by atoms with van der Waals surface area (Å²) in [5.41, 5.74) is 1.40. The molecule has 18 heavy (non-hydrogen) atoms. The first-order valence-corrected chi connectivity index (χ1v) is 6.07. The highest BCUT2D eigenvalue weighted by Crippen LogP contribution is 2.28. The lowest BCUT2D eigenvalue weighted by molar-refractivity contribution is 0.112. The highest BCUT2D eigenvalue weighted by molar-refractivity contribution is 9.10. The molecule has 0 saturated carbocycles. The second kappa shape index (κ2) is 5.31. The molecule has 0 aliphatic heterocycles. The summed E-state index contributed by atoms with van der Waals surface area (Å²) >= 11 is 3.18. The van der Waals surface area contributed by atoms with E-state index in [2.05, 4.69) is 15.9 Å². The third-order valence-corrected chi connectivity index (χ3v) is 2.81. The Bertz CT molecular complexity index is 576. The van der Waals surface area contributed by atoms with Crippen LogP contribution in [-0.2, 0) is 0 Å². The zero-order chi connectivity index (χ0) is 13.1. The lowest BCUT2D eigenvalue weighted by Crippen LogP contribution is -1.92. The normalized spacial score (nSPS) is 10.2. The van der Waals surface area contributed by atoms with Crippen molar-refractivity contribution in [3.63, 3.8) is 0 Å². The van der Waals surface area contributed by atoms with Crippen molar-refractivity contribution in [2.24, 2.45) is 0 Å². The van der Waals surface area contributed by atoms with Crippen LogP contribution in [0.5, 0.6) is 11.5 Å². The van der Waals surface area contributed by atoms with Gasteiger partial charge in [-0.2, -0.15) is 0 Å². The molecular formula is C14H10BrFO2. The van der Waals surface area contributed by atoms with Gasteiger partial charge in [0, 0.05) is 10.5 Å². The first-order chi connectivity index (χ1) is 8.58. The van der Waals surface area contributed by atoms with Crippen LogP contribution >= 0.6 is 15.9 Å². The smallest absolute Gasteiger partial charge is 0.153 e. The number of hydrogen-bond donors (Lipinski definition) is 0. The number of benzene rings is 2. The Labute approximate surface area is 113 Å². The Morgan fingerprint density at radius 1 is 1.22 bits per heavy atom. The summed E-state index contributed by atoms with van der Waals surface area (Å²) in [5.74, 6) is 0.348. The summed E-state index contributed by atoms with van der Waals surface area (Å²) in [6.45, 7) is 1.88. The number of carbonyl (C=O) groups is 1. The van der Waals surface area contributed by atoms with Crippen molar-refractivity contribution in [3.8, 4) is 11.5 Å². The Balaban J connectivity index is 2.36. The fraction of sp³-hybridized carbons (Fsp3) is 0.0714. The van der Waals surface area contributed by atoms with Gasteiger partial charge in [0.05, 0.1) is 5.56 Å². The van der Waals surface area contributed by atoms with Gasteiger partial charge in [-0.1, -0.05) is 27.6 Å². The first kappa shape index (κ1) is 12.8. The first-order valence-electron chi connectivity index (χ1n) is 5.28. The molecule has 2 aromatic carbocycles. The maximum absolute atomic E-state index is 13.2. The number of carbonyl (C=O) groups excluding carboxylic acids is 1. The molecule has 0 aliphatic rings. The predicted molar refractivity (Wildman–Crippen MR) is 70.7 cm³/mol. The number of hydrogen-bond acceptors (Lipinski definition) is 2. The monoisotopic (exact) mass is 308 g/mol. The fourth-order valence-electron chi connectivity index (χ4n) is 1.57. The molecule has 0 fully saturated rings. The van der Waals surface area contributed by atoms with Gasteiger partial charge in [-0.3, -0.25) is 4.79 Å². The van der Waals surface area contributed by atoms with Crippen LogP contribution in [0.15, 0.2) is 40.9 Å². The SMILES string of the molecule is Cc1ccc(Oc2cc(F)cc(Br)c2)c(C=O)c1. The van der Waals surface area contributed by atoms with Gasteiger partial charge in [0.15, 0.2) is 6.29 Å². The third-order valence-electron chi connectivity index (χ3n) is 2.36. The highest BCUT2D eigenvalue weighted by Gasteiger charge is 2.06. The van der Waals surface area contributed by atoms with Crippen molar-refractivity contribution in [2.45, 2.75) is 6.92 Å². The molecule has 0 radical (unpaired) electrons. The maximum atomic E-state index is 13.2. The van der Waals surface area contributed by atoms with Crippen LogP contribution in [0.4, 0.5) is 4.39 Å². The van der Waals surface area contributed by atoms with Crippen molar-refractivity contribution < 1.29 is 13.9 Å². The molecule has 0 aromatic heterocycles. The predicted octanol–water partition coefficient (Wildman–Crippen LogP) is 4.50. The number of rotatable bonds is 3. The minimum atomic E-state index is -0.404. The van der Waals surface area contributed by atoms with Crippen LogP contribution in [0.25, 0.3) is 0 Å². The van der Waals surface area contributed by atoms with Crippen molar-refractivity contribution in [2.75, 3.05) is 0 Å². The minimum absolute atomic E-state index is 0.342. The Morgan fingerprint density at radius 3 is 2.67 bits per heavy atom. The minimum Gasteiger partial charge on any atom is -0.456 e. The topological polar surface area (TPSA) is 26.3 Å². The van der Waals surface area contributed by atoms with Crippen LogP contribution in [0.2, 0.25) is 0 Å². The molecule has 0 N–H and O–H groups in total. The summed E-state index contributed by atoms with van der Waals surface area (Å²) in [6.07, 6.45) is 0.719. The van der Waals surface area contributed by atoms with E-state index < -0.39 is 5.82 Å². The van der Waals surface area contributed by atoms with E-state index >= 15 is 0 Å². The van der Waals surface area contributed by atoms with Gasteiger partial charge >= 0.3 is 0 Å². The van der Waals surface area contributed by atoms with Crippen molar-refractivity contribution in [3.05, 3.63) is 57.8 Å². The van der Waals surface area contributed by atoms with Gasteiger partial charge in [-0.05, 0) is 31.2 Å². The molecule has 0 unspecified atom stereocenters. The second-order valence-corrected chi connectivity index (χ2v) is 4.78. The van der Waals surface area contributed by atoms with E-state index in [1.807, 2.05) is 13.0 Å². The third kappa shape index (κ3) is 2.96. The molecule has 0 bridgehead atoms. The summed E-state index contributed by atoms with van der Waals surface area (Å²) in [6, 6.07) is 9.48. The molecule has 2 nitrogen and oxygen atoms in total. The second-order valence-electron chi connectivity index (χ2n) is 3.87. The highest BCUT2D eigenvalue weighted by atomic mass is 79.9. The summed E-state index contributed by atoms with van der Waals surface area (Å²) in [7, 11) is 0. The Morgan fingerprint density at radius 2 is 2.00 bits per heavy atom. The summed E-state index contributed by atoms with van der Waals surface area (Å²) in [5, 5.41) is 0. The van der Waals surface area contributed by atoms with E-state index in [1.54, 1.807) is 18.2 Å². The molecular weight excluding hydrogens is 299 g/mol. The van der Waals surface area contributed by atoms with E-state index in [-0.39, 0.29) is 0 Å². The average Bonchev–Trinajstić information content (AvgIpc) is 2.30. The average molecular weight is 309 g/mol. The van der Waals surface area contributed by atoms with Crippen LogP contribution in [-0.4, -0.2) is 6.29 Å². The molecule has 0 amide bonds. The number of aryl methyl sites for hydroxylation is 1. The molecule has 2 aromatic rings. The van der Waals surface area contributed by atoms with Gasteiger partial charge < -0.3 is 4.74 Å². The van der Waals surface area contributed by atoms with Crippen LogP contribution in [0.3, 0.4) is 0 Å². The molecule has 0 aliphatic carbocycles. The standard InChI is InChI=1S/C14H10BrFO2/c1-9-2-3-14(10(4-9)8-17)18-13-6-11(15)5-12(16)7-13/h2-8H,1H3. The molecule has 92 valence electrons. The van der Waals surface area contributed by atoms with E-state index in [4.69, 9.17) is 4.74 Å². The van der Waals surface area contributed by atoms with E-state index in [0.717, 1.165) is 11.8 Å². The van der Waals surface area contributed by atoms with Gasteiger partial charge in [0.2, 0.25) is 0 Å². The van der Waals surface area contributed by atoms with Crippen LogP contribution < -0.4 is 4.74 Å². The van der Waals surface area contributed by atoms with Gasteiger partial charge in [0.1, 0.15) is 17.3 Å². The molecule has 0 atom stereocenters. The van der Waals surface area contributed by atoms with Gasteiger partial charge in [-0.25, -0.2) is 4.39 Å². The Kier molecular flexibility index (Phi) is 3.77. The van der Waals surface area contributed by atoms with E-state index in [9.17, 15) is 9.18 Å². The zero-order valence-corrected chi connectivity index (χ0v) is 11.2. The lowest BCUT2D eigenvalue weighted by Gasteiger charge is -2.09. The van der Waals surface area contributed by atoms with E-state index in [0.29, 0.717) is 21.5 Å². The maximum Gasteiger partial charge on any atom is 0.153 e. The molecule has 2 rings (SSSR count). The quantitative estimate of drug-likeness (QED) is 0.780. The Hall–Kier alpha value is -1.68. The van der Waals surface area contributed by atoms with E-state index in [1.165, 1.54) is 12.1 Å². The summed E-state index contributed by atoms with van der Waals surface area (Å²) < 4.78 is 19.3. The number of halogens is 2. The molecule has 0 saturated heterocycles. The zero-order valence-electron chi connectivity index (χ0n) is 9.61. The lowest BCUT2D eigenvalue weighted by atomic mass is 10.1. The molecule has 4 heteroatoms. The van der Waals surface area contributed by atoms with Crippen LogP contribution in [0.1, 0.15) is 15.9 Å². The summed E-state index contributed by atoms with van der Waals surface area (Å²) in [4.78, 5) is 10.9. The number of ether oxygens (including phenoxy) is 1.